The number of benzene rings is 2. The van der Waals surface area contributed by atoms with Gasteiger partial charge in [0.15, 0.2) is 0 Å². The second-order valence-electron chi connectivity index (χ2n) is 5.68. The van der Waals surface area contributed by atoms with Gasteiger partial charge in [-0.3, -0.25) is 4.79 Å². The molecule has 21 heavy (non-hydrogen) atoms. The van der Waals surface area contributed by atoms with Crippen LogP contribution in [0.3, 0.4) is 0 Å². The predicted molar refractivity (Wildman–Crippen MR) is 83.4 cm³/mol. The standard InChI is InChI=1S/C19H20O2/c20-18-10-4-8-16(12-18)17-9-5-11-19(13-17)21-14-15-6-2-1-3-7-15/h1-3,5-7,9,11,13,16H,4,8,10,12,14H2. The van der Waals surface area contributed by atoms with Crippen molar-refractivity contribution in [3.8, 4) is 5.75 Å². The van der Waals surface area contributed by atoms with Crippen molar-refractivity contribution in [3.05, 3.63) is 65.7 Å². The molecule has 0 aromatic heterocycles. The van der Waals surface area contributed by atoms with Crippen LogP contribution in [0, 0.1) is 0 Å². The highest BCUT2D eigenvalue weighted by Gasteiger charge is 2.21. The molecule has 1 unspecified atom stereocenters. The van der Waals surface area contributed by atoms with Crippen molar-refractivity contribution >= 4 is 5.78 Å². The van der Waals surface area contributed by atoms with Crippen molar-refractivity contribution in [1.29, 1.82) is 0 Å². The van der Waals surface area contributed by atoms with E-state index in [-0.39, 0.29) is 0 Å². The highest BCUT2D eigenvalue weighted by molar-refractivity contribution is 5.80. The van der Waals surface area contributed by atoms with Gasteiger partial charge in [-0.15, -0.1) is 0 Å². The minimum Gasteiger partial charge on any atom is -0.489 e. The van der Waals surface area contributed by atoms with Crippen molar-refractivity contribution in [3.63, 3.8) is 0 Å². The van der Waals surface area contributed by atoms with Crippen molar-refractivity contribution in [1.82, 2.24) is 0 Å². The molecule has 0 bridgehead atoms. The minimum absolute atomic E-state index is 0.367. The van der Waals surface area contributed by atoms with E-state index in [1.54, 1.807) is 0 Å². The molecule has 1 saturated carbocycles. The van der Waals surface area contributed by atoms with Crippen molar-refractivity contribution in [2.24, 2.45) is 0 Å². The number of hydrogen-bond acceptors (Lipinski definition) is 2. The average Bonchev–Trinajstić information content (AvgIpc) is 2.54. The Morgan fingerprint density at radius 1 is 1.05 bits per heavy atom. The molecular weight excluding hydrogens is 260 g/mol. The summed E-state index contributed by atoms with van der Waals surface area (Å²) in [6.07, 6.45) is 3.55. The summed E-state index contributed by atoms with van der Waals surface area (Å²) in [6.45, 7) is 0.577. The summed E-state index contributed by atoms with van der Waals surface area (Å²) in [4.78, 5) is 11.6. The number of Topliss-reactive ketones (excluding diaryl/α,β-unsaturated/α-hetero) is 1. The summed E-state index contributed by atoms with van der Waals surface area (Å²) < 4.78 is 5.87. The molecule has 3 rings (SSSR count). The van der Waals surface area contributed by atoms with E-state index in [1.807, 2.05) is 30.3 Å². The molecule has 0 N–H and O–H groups in total. The predicted octanol–water partition coefficient (Wildman–Crippen LogP) is 4.49. The van der Waals surface area contributed by atoms with Gasteiger partial charge < -0.3 is 4.74 Å². The Balaban J connectivity index is 1.67. The lowest BCUT2D eigenvalue weighted by molar-refractivity contribution is -0.120. The maximum absolute atomic E-state index is 11.6. The summed E-state index contributed by atoms with van der Waals surface area (Å²) in [5, 5.41) is 0. The molecule has 2 heteroatoms. The van der Waals surface area contributed by atoms with Gasteiger partial charge in [0.05, 0.1) is 0 Å². The van der Waals surface area contributed by atoms with Gasteiger partial charge in [-0.2, -0.15) is 0 Å². The van der Waals surface area contributed by atoms with Crippen molar-refractivity contribution in [2.45, 2.75) is 38.2 Å². The maximum Gasteiger partial charge on any atom is 0.133 e. The highest BCUT2D eigenvalue weighted by atomic mass is 16.5. The van der Waals surface area contributed by atoms with E-state index in [0.29, 0.717) is 24.7 Å². The largest absolute Gasteiger partial charge is 0.489 e. The third kappa shape index (κ3) is 3.72. The lowest BCUT2D eigenvalue weighted by atomic mass is 9.83. The van der Waals surface area contributed by atoms with E-state index < -0.39 is 0 Å². The quantitative estimate of drug-likeness (QED) is 0.824. The lowest BCUT2D eigenvalue weighted by Crippen LogP contribution is -2.13. The number of ketones is 1. The third-order valence-electron chi connectivity index (χ3n) is 4.06. The third-order valence-corrected chi connectivity index (χ3v) is 4.06. The lowest BCUT2D eigenvalue weighted by Gasteiger charge is -2.21. The van der Waals surface area contributed by atoms with Crippen LogP contribution in [0.4, 0.5) is 0 Å². The van der Waals surface area contributed by atoms with Crippen LogP contribution in [0.5, 0.6) is 5.75 Å². The summed E-state index contributed by atoms with van der Waals surface area (Å²) in [5.41, 5.74) is 2.39. The van der Waals surface area contributed by atoms with Crippen LogP contribution in [0.25, 0.3) is 0 Å². The van der Waals surface area contributed by atoms with Gasteiger partial charge in [-0.25, -0.2) is 0 Å². The van der Waals surface area contributed by atoms with E-state index in [4.69, 9.17) is 4.74 Å². The van der Waals surface area contributed by atoms with Gasteiger partial charge in [-0.1, -0.05) is 42.5 Å². The number of rotatable bonds is 4. The monoisotopic (exact) mass is 280 g/mol. The molecule has 108 valence electrons. The Labute approximate surface area is 125 Å². The molecule has 0 heterocycles. The van der Waals surface area contributed by atoms with Gasteiger partial charge in [0.2, 0.25) is 0 Å². The first-order valence-corrected chi connectivity index (χ1v) is 7.59. The van der Waals surface area contributed by atoms with Gasteiger partial charge >= 0.3 is 0 Å². The summed E-state index contributed by atoms with van der Waals surface area (Å²) in [7, 11) is 0. The molecule has 2 aromatic carbocycles. The normalized spacial score (nSPS) is 18.5. The van der Waals surface area contributed by atoms with Crippen LogP contribution >= 0.6 is 0 Å². The van der Waals surface area contributed by atoms with E-state index in [2.05, 4.69) is 24.3 Å². The second-order valence-corrected chi connectivity index (χ2v) is 5.68. The van der Waals surface area contributed by atoms with Crippen LogP contribution in [-0.4, -0.2) is 5.78 Å². The average molecular weight is 280 g/mol. The fourth-order valence-corrected chi connectivity index (χ4v) is 2.91. The Morgan fingerprint density at radius 3 is 2.71 bits per heavy atom. The van der Waals surface area contributed by atoms with Gasteiger partial charge in [-0.05, 0) is 42.0 Å². The van der Waals surface area contributed by atoms with Crippen molar-refractivity contribution in [2.75, 3.05) is 0 Å². The highest BCUT2D eigenvalue weighted by Crippen LogP contribution is 2.32. The van der Waals surface area contributed by atoms with E-state index in [0.717, 1.165) is 30.6 Å². The number of hydrogen-bond donors (Lipinski definition) is 0. The molecular formula is C19H20O2. The zero-order chi connectivity index (χ0) is 14.5. The summed E-state index contributed by atoms with van der Waals surface area (Å²) >= 11 is 0. The first kappa shape index (κ1) is 13.9. The van der Waals surface area contributed by atoms with Crippen LogP contribution in [0.1, 0.15) is 42.7 Å². The van der Waals surface area contributed by atoms with Crippen molar-refractivity contribution < 1.29 is 9.53 Å². The molecule has 0 spiro atoms. The SMILES string of the molecule is O=C1CCCC(c2cccc(OCc3ccccc3)c2)C1. The molecule has 0 amide bonds. The Bertz CT molecular complexity index is 604. The molecule has 0 saturated heterocycles. The Kier molecular flexibility index (Phi) is 4.34. The van der Waals surface area contributed by atoms with Gasteiger partial charge in [0.25, 0.3) is 0 Å². The van der Waals surface area contributed by atoms with Crippen LogP contribution in [-0.2, 0) is 11.4 Å². The molecule has 1 aliphatic carbocycles. The topological polar surface area (TPSA) is 26.3 Å². The van der Waals surface area contributed by atoms with Gasteiger partial charge in [0.1, 0.15) is 18.1 Å². The molecule has 1 atom stereocenters. The maximum atomic E-state index is 11.6. The zero-order valence-electron chi connectivity index (χ0n) is 12.1. The Morgan fingerprint density at radius 2 is 1.90 bits per heavy atom. The number of ether oxygens (including phenoxy) is 1. The fourth-order valence-electron chi connectivity index (χ4n) is 2.91. The second kappa shape index (κ2) is 6.57. The molecule has 1 aliphatic rings. The number of carbonyl (C=O) groups excluding carboxylic acids is 1. The number of carbonyl (C=O) groups is 1. The summed E-state index contributed by atoms with van der Waals surface area (Å²) in [6, 6.07) is 18.4. The van der Waals surface area contributed by atoms with Crippen LogP contribution < -0.4 is 4.74 Å². The molecule has 2 nitrogen and oxygen atoms in total. The fraction of sp³-hybridized carbons (Fsp3) is 0.316. The first-order chi connectivity index (χ1) is 10.3. The van der Waals surface area contributed by atoms with E-state index in [1.165, 1.54) is 5.56 Å². The minimum atomic E-state index is 0.367. The van der Waals surface area contributed by atoms with E-state index in [9.17, 15) is 4.79 Å². The molecule has 2 aromatic rings. The molecule has 1 fully saturated rings. The zero-order valence-corrected chi connectivity index (χ0v) is 12.1. The summed E-state index contributed by atoms with van der Waals surface area (Å²) in [5.74, 6) is 1.64. The first-order valence-electron chi connectivity index (χ1n) is 7.59. The van der Waals surface area contributed by atoms with Gasteiger partial charge in [0, 0.05) is 12.8 Å². The van der Waals surface area contributed by atoms with Crippen LogP contribution in [0.15, 0.2) is 54.6 Å². The smallest absolute Gasteiger partial charge is 0.133 e. The van der Waals surface area contributed by atoms with E-state index >= 15 is 0 Å². The molecule has 0 radical (unpaired) electrons. The van der Waals surface area contributed by atoms with Crippen LogP contribution in [0.2, 0.25) is 0 Å². The Hall–Kier alpha value is -2.09. The molecule has 0 aliphatic heterocycles.